The van der Waals surface area contributed by atoms with Crippen molar-refractivity contribution in [3.8, 4) is 18.1 Å². The number of para-hydroxylation sites is 1. The van der Waals surface area contributed by atoms with Crippen LogP contribution < -0.4 is 10.1 Å². The lowest BCUT2D eigenvalue weighted by Crippen LogP contribution is -2.29. The molecule has 0 aliphatic carbocycles. The molecule has 0 aliphatic heterocycles. The third kappa shape index (κ3) is 5.27. The maximum atomic E-state index is 5.56. The smallest absolute Gasteiger partial charge is 0.148 e. The van der Waals surface area contributed by atoms with Crippen molar-refractivity contribution in [3.05, 3.63) is 29.8 Å². The van der Waals surface area contributed by atoms with E-state index >= 15 is 0 Å². The van der Waals surface area contributed by atoms with Crippen molar-refractivity contribution in [2.75, 3.05) is 13.2 Å². The van der Waals surface area contributed by atoms with E-state index in [-0.39, 0.29) is 0 Å². The third-order valence-electron chi connectivity index (χ3n) is 3.69. The van der Waals surface area contributed by atoms with Crippen molar-refractivity contribution >= 4 is 0 Å². The van der Waals surface area contributed by atoms with Crippen molar-refractivity contribution in [2.24, 2.45) is 17.8 Å². The molecule has 20 heavy (non-hydrogen) atoms. The van der Waals surface area contributed by atoms with E-state index in [9.17, 15) is 0 Å². The minimum atomic E-state index is 0.317. The predicted octanol–water partition coefficient (Wildman–Crippen LogP) is 3.72. The van der Waals surface area contributed by atoms with E-state index in [0.717, 1.165) is 24.4 Å². The summed E-state index contributed by atoms with van der Waals surface area (Å²) in [6, 6.07) is 8.05. The maximum absolute atomic E-state index is 5.56. The van der Waals surface area contributed by atoms with E-state index in [0.29, 0.717) is 24.4 Å². The molecule has 0 amide bonds. The Morgan fingerprint density at radius 2 is 1.80 bits per heavy atom. The molecule has 1 rings (SSSR count). The van der Waals surface area contributed by atoms with Crippen molar-refractivity contribution in [2.45, 2.75) is 34.2 Å². The van der Waals surface area contributed by atoms with Gasteiger partial charge in [0.05, 0.1) is 0 Å². The van der Waals surface area contributed by atoms with Gasteiger partial charge < -0.3 is 10.1 Å². The lowest BCUT2D eigenvalue weighted by molar-refractivity contribution is 0.274. The Balaban J connectivity index is 2.55. The minimum Gasteiger partial charge on any atom is -0.481 e. The predicted molar refractivity (Wildman–Crippen MR) is 85.6 cm³/mol. The molecule has 0 unspecified atom stereocenters. The van der Waals surface area contributed by atoms with Gasteiger partial charge in [-0.3, -0.25) is 0 Å². The Hall–Kier alpha value is -1.46. The highest BCUT2D eigenvalue weighted by Gasteiger charge is 2.16. The average molecular weight is 273 g/mol. The number of terminal acetylenes is 1. The van der Waals surface area contributed by atoms with Gasteiger partial charge >= 0.3 is 0 Å². The summed E-state index contributed by atoms with van der Waals surface area (Å²) in [6.07, 6.45) is 5.24. The molecule has 0 fully saturated rings. The number of hydrogen-bond donors (Lipinski definition) is 1. The number of nitrogens with one attached hydrogen (secondary N) is 1. The van der Waals surface area contributed by atoms with Gasteiger partial charge in [0.1, 0.15) is 12.4 Å². The molecule has 0 atom stereocenters. The Labute approximate surface area is 123 Å². The van der Waals surface area contributed by atoms with E-state index in [2.05, 4.69) is 45.0 Å². The van der Waals surface area contributed by atoms with Gasteiger partial charge in [-0.25, -0.2) is 0 Å². The van der Waals surface area contributed by atoms with Crippen LogP contribution in [0.15, 0.2) is 24.3 Å². The highest BCUT2D eigenvalue weighted by molar-refractivity contribution is 5.33. The van der Waals surface area contributed by atoms with Crippen LogP contribution in [0.4, 0.5) is 0 Å². The molecule has 1 aromatic rings. The first-order valence-corrected chi connectivity index (χ1v) is 7.41. The van der Waals surface area contributed by atoms with Crippen LogP contribution >= 0.6 is 0 Å². The molecule has 0 spiro atoms. The van der Waals surface area contributed by atoms with Crippen LogP contribution in [0, 0.1) is 30.1 Å². The quantitative estimate of drug-likeness (QED) is 0.729. The van der Waals surface area contributed by atoms with Crippen molar-refractivity contribution in [1.82, 2.24) is 5.32 Å². The van der Waals surface area contributed by atoms with Gasteiger partial charge in [0.15, 0.2) is 0 Å². The van der Waals surface area contributed by atoms with Crippen LogP contribution in [0.25, 0.3) is 0 Å². The second kappa shape index (κ2) is 8.66. The first-order valence-electron chi connectivity index (χ1n) is 7.41. The fourth-order valence-electron chi connectivity index (χ4n) is 2.52. The summed E-state index contributed by atoms with van der Waals surface area (Å²) in [5.74, 6) is 5.45. The van der Waals surface area contributed by atoms with Crippen LogP contribution in [0.5, 0.6) is 5.75 Å². The molecule has 2 heteroatoms. The van der Waals surface area contributed by atoms with Crippen molar-refractivity contribution in [1.29, 1.82) is 0 Å². The van der Waals surface area contributed by atoms with Gasteiger partial charge in [-0.15, -0.1) is 6.42 Å². The van der Waals surface area contributed by atoms with Gasteiger partial charge in [-0.05, 0) is 30.4 Å². The van der Waals surface area contributed by atoms with E-state index in [4.69, 9.17) is 11.2 Å². The van der Waals surface area contributed by atoms with E-state index < -0.39 is 0 Å². The number of hydrogen-bond acceptors (Lipinski definition) is 2. The highest BCUT2D eigenvalue weighted by Crippen LogP contribution is 2.21. The summed E-state index contributed by atoms with van der Waals surface area (Å²) in [5.41, 5.74) is 1.16. The lowest BCUT2D eigenvalue weighted by Gasteiger charge is -2.25. The van der Waals surface area contributed by atoms with Crippen LogP contribution in [-0.4, -0.2) is 13.2 Å². The van der Waals surface area contributed by atoms with Gasteiger partial charge in [0.25, 0.3) is 0 Å². The van der Waals surface area contributed by atoms with Gasteiger partial charge in [-0.2, -0.15) is 0 Å². The molecular formula is C18H27NO. The Kier molecular flexibility index (Phi) is 7.18. The van der Waals surface area contributed by atoms with Crippen LogP contribution in [0.2, 0.25) is 0 Å². The SMILES string of the molecule is C#CCOc1ccccc1CNCC(C(C)C)C(C)C. The molecule has 0 aliphatic rings. The molecule has 1 N–H and O–H groups in total. The molecule has 0 bridgehead atoms. The molecule has 0 saturated heterocycles. The highest BCUT2D eigenvalue weighted by atomic mass is 16.5. The standard InChI is InChI=1S/C18H27NO/c1-6-11-20-18-10-8-7-9-16(18)12-19-13-17(14(2)3)15(4)5/h1,7-10,14-15,17,19H,11-13H2,2-5H3. The molecule has 0 heterocycles. The van der Waals surface area contributed by atoms with E-state index in [1.165, 1.54) is 0 Å². The largest absolute Gasteiger partial charge is 0.481 e. The molecule has 1 aromatic carbocycles. The third-order valence-corrected chi connectivity index (χ3v) is 3.69. The second-order valence-corrected chi connectivity index (χ2v) is 5.88. The molecular weight excluding hydrogens is 246 g/mol. The van der Waals surface area contributed by atoms with E-state index in [1.54, 1.807) is 0 Å². The summed E-state index contributed by atoms with van der Waals surface area (Å²) in [6.45, 7) is 11.3. The zero-order valence-electron chi connectivity index (χ0n) is 13.1. The first-order chi connectivity index (χ1) is 9.56. The van der Waals surface area contributed by atoms with Gasteiger partial charge in [-0.1, -0.05) is 51.8 Å². The zero-order valence-corrected chi connectivity index (χ0v) is 13.1. The lowest BCUT2D eigenvalue weighted by atomic mass is 9.85. The number of rotatable bonds is 8. The van der Waals surface area contributed by atoms with Gasteiger partial charge in [0.2, 0.25) is 0 Å². The first kappa shape index (κ1) is 16.6. The molecule has 2 nitrogen and oxygen atoms in total. The summed E-state index contributed by atoms with van der Waals surface area (Å²) in [5, 5.41) is 3.55. The Morgan fingerprint density at radius 1 is 1.15 bits per heavy atom. The Bertz CT molecular complexity index is 423. The number of benzene rings is 1. The minimum absolute atomic E-state index is 0.317. The van der Waals surface area contributed by atoms with E-state index in [1.807, 2.05) is 18.2 Å². The summed E-state index contributed by atoms with van der Waals surface area (Å²) >= 11 is 0. The number of ether oxygens (including phenoxy) is 1. The second-order valence-electron chi connectivity index (χ2n) is 5.88. The van der Waals surface area contributed by atoms with Crippen LogP contribution in [0.3, 0.4) is 0 Å². The Morgan fingerprint density at radius 3 is 2.40 bits per heavy atom. The normalized spacial score (nSPS) is 11.1. The average Bonchev–Trinajstić information content (AvgIpc) is 2.41. The molecule has 110 valence electrons. The fourth-order valence-corrected chi connectivity index (χ4v) is 2.52. The van der Waals surface area contributed by atoms with Crippen molar-refractivity contribution in [3.63, 3.8) is 0 Å². The molecule has 0 radical (unpaired) electrons. The van der Waals surface area contributed by atoms with Crippen LogP contribution in [-0.2, 0) is 6.54 Å². The summed E-state index contributed by atoms with van der Waals surface area (Å²) in [7, 11) is 0. The maximum Gasteiger partial charge on any atom is 0.148 e. The topological polar surface area (TPSA) is 21.3 Å². The molecule has 0 saturated carbocycles. The summed E-state index contributed by atoms with van der Waals surface area (Å²) < 4.78 is 5.56. The fraction of sp³-hybridized carbons (Fsp3) is 0.556. The van der Waals surface area contributed by atoms with Crippen LogP contribution in [0.1, 0.15) is 33.3 Å². The monoisotopic (exact) mass is 273 g/mol. The zero-order chi connectivity index (χ0) is 15.0. The summed E-state index contributed by atoms with van der Waals surface area (Å²) in [4.78, 5) is 0. The molecule has 0 aromatic heterocycles. The van der Waals surface area contributed by atoms with Gasteiger partial charge in [0, 0.05) is 12.1 Å². The van der Waals surface area contributed by atoms with Crippen molar-refractivity contribution < 1.29 is 4.74 Å².